The Morgan fingerprint density at radius 2 is 2.21 bits per heavy atom. The molecule has 0 aliphatic carbocycles. The van der Waals surface area contributed by atoms with E-state index in [9.17, 15) is 0 Å². The van der Waals surface area contributed by atoms with Crippen molar-refractivity contribution in [2.45, 2.75) is 45.7 Å². The topological polar surface area (TPSA) is 88.2 Å². The van der Waals surface area contributed by atoms with Crippen molar-refractivity contribution < 1.29 is 0 Å². The summed E-state index contributed by atoms with van der Waals surface area (Å²) in [5.74, 6) is 1.88. The lowest BCUT2D eigenvalue weighted by Crippen LogP contribution is -2.51. The van der Waals surface area contributed by atoms with Crippen LogP contribution < -0.4 is 15.5 Å². The third kappa shape index (κ3) is 6.08. The Morgan fingerprint density at radius 1 is 1.36 bits per heavy atom. The summed E-state index contributed by atoms with van der Waals surface area (Å²) in [7, 11) is 1.96. The van der Waals surface area contributed by atoms with Gasteiger partial charge in [-0.1, -0.05) is 6.92 Å². The van der Waals surface area contributed by atoms with Crippen molar-refractivity contribution in [2.75, 3.05) is 31.1 Å². The first-order chi connectivity index (χ1) is 13.2. The molecule has 9 nitrogen and oxygen atoms in total. The second-order valence-corrected chi connectivity index (χ2v) is 6.86. The first-order valence-electron chi connectivity index (χ1n) is 9.84. The van der Waals surface area contributed by atoms with Crippen LogP contribution in [0.4, 0.5) is 5.69 Å². The summed E-state index contributed by atoms with van der Waals surface area (Å²) in [5, 5.41) is 19.4. The zero-order valence-corrected chi connectivity index (χ0v) is 19.3. The Labute approximate surface area is 184 Å². The Bertz CT molecular complexity index is 739. The maximum atomic E-state index is 4.74. The van der Waals surface area contributed by atoms with Gasteiger partial charge in [0, 0.05) is 51.9 Å². The molecular weight excluding hydrogens is 469 g/mol. The second-order valence-electron chi connectivity index (χ2n) is 6.86. The fourth-order valence-corrected chi connectivity index (χ4v) is 3.42. The van der Waals surface area contributed by atoms with Gasteiger partial charge in [0.25, 0.3) is 0 Å². The number of guanidine groups is 1. The Morgan fingerprint density at radius 3 is 2.93 bits per heavy atom. The maximum absolute atomic E-state index is 4.74. The van der Waals surface area contributed by atoms with E-state index in [0.29, 0.717) is 12.6 Å². The summed E-state index contributed by atoms with van der Waals surface area (Å²) < 4.78 is 3.92. The summed E-state index contributed by atoms with van der Waals surface area (Å²) in [4.78, 5) is 7.13. The largest absolute Gasteiger partial charge is 0.367 e. The van der Waals surface area contributed by atoms with Gasteiger partial charge < -0.3 is 20.1 Å². The number of rotatable bonds is 7. The van der Waals surface area contributed by atoms with Gasteiger partial charge in [-0.25, -0.2) is 0 Å². The first kappa shape index (κ1) is 22.4. The standard InChI is InChI=1S/C18H31N9.HI/c1-4-17-24-21-14-27(17)10-8-20-18(19-5-2)23-15-7-6-9-26(12-15)16-11-22-25(3)13-16;/h11,13-15H,4-10,12H2,1-3H3,(H2,19,20,23);1H. The summed E-state index contributed by atoms with van der Waals surface area (Å²) >= 11 is 0. The van der Waals surface area contributed by atoms with Crippen LogP contribution in [0.5, 0.6) is 0 Å². The molecule has 2 N–H and O–H groups in total. The minimum atomic E-state index is 0. The molecular formula is C18H32IN9. The molecule has 0 spiro atoms. The summed E-state index contributed by atoms with van der Waals surface area (Å²) in [6.45, 7) is 8.55. The van der Waals surface area contributed by atoms with E-state index in [1.54, 1.807) is 6.33 Å². The van der Waals surface area contributed by atoms with Gasteiger partial charge in [0.1, 0.15) is 12.2 Å². The van der Waals surface area contributed by atoms with Crippen LogP contribution in [0.1, 0.15) is 32.5 Å². The van der Waals surface area contributed by atoms with E-state index in [1.807, 2.05) is 17.9 Å². The number of nitrogens with zero attached hydrogens (tertiary/aromatic N) is 7. The quantitative estimate of drug-likeness (QED) is 0.339. The van der Waals surface area contributed by atoms with Crippen LogP contribution in [-0.4, -0.2) is 62.7 Å². The van der Waals surface area contributed by atoms with Gasteiger partial charge >= 0.3 is 0 Å². The smallest absolute Gasteiger partial charge is 0.191 e. The summed E-state index contributed by atoms with van der Waals surface area (Å²) in [6, 6.07) is 0.373. The highest BCUT2D eigenvalue weighted by atomic mass is 127. The number of nitrogens with one attached hydrogen (secondary N) is 2. The lowest BCUT2D eigenvalue weighted by Gasteiger charge is -2.34. The van der Waals surface area contributed by atoms with E-state index in [1.165, 1.54) is 5.69 Å². The molecule has 1 aliphatic rings. The predicted octanol–water partition coefficient (Wildman–Crippen LogP) is 1.42. The fourth-order valence-electron chi connectivity index (χ4n) is 3.42. The molecule has 0 radical (unpaired) electrons. The number of aromatic nitrogens is 5. The molecule has 156 valence electrons. The molecule has 3 heterocycles. The third-order valence-electron chi connectivity index (χ3n) is 4.79. The van der Waals surface area contributed by atoms with Gasteiger partial charge in [-0.2, -0.15) is 5.10 Å². The van der Waals surface area contributed by atoms with Crippen LogP contribution in [0.25, 0.3) is 0 Å². The monoisotopic (exact) mass is 501 g/mol. The number of hydrogen-bond donors (Lipinski definition) is 2. The number of piperidine rings is 1. The lowest BCUT2D eigenvalue weighted by atomic mass is 10.1. The van der Waals surface area contributed by atoms with E-state index >= 15 is 0 Å². The Kier molecular flexibility index (Phi) is 9.00. The predicted molar refractivity (Wildman–Crippen MR) is 122 cm³/mol. The molecule has 28 heavy (non-hydrogen) atoms. The van der Waals surface area contributed by atoms with Crippen LogP contribution in [-0.2, 0) is 20.0 Å². The van der Waals surface area contributed by atoms with Crippen LogP contribution in [0.3, 0.4) is 0 Å². The van der Waals surface area contributed by atoms with Crippen molar-refractivity contribution >= 4 is 35.6 Å². The van der Waals surface area contributed by atoms with Crippen molar-refractivity contribution in [1.82, 2.24) is 35.2 Å². The van der Waals surface area contributed by atoms with Gasteiger partial charge in [0.2, 0.25) is 0 Å². The van der Waals surface area contributed by atoms with Crippen molar-refractivity contribution in [1.29, 1.82) is 0 Å². The number of halogens is 1. The van der Waals surface area contributed by atoms with E-state index in [0.717, 1.165) is 57.2 Å². The van der Waals surface area contributed by atoms with Crippen molar-refractivity contribution in [3.8, 4) is 0 Å². The molecule has 10 heteroatoms. The van der Waals surface area contributed by atoms with E-state index < -0.39 is 0 Å². The molecule has 0 aromatic carbocycles. The molecule has 0 saturated carbocycles. The highest BCUT2D eigenvalue weighted by molar-refractivity contribution is 14.0. The highest BCUT2D eigenvalue weighted by Crippen LogP contribution is 2.18. The first-order valence-corrected chi connectivity index (χ1v) is 9.84. The molecule has 3 rings (SSSR count). The lowest BCUT2D eigenvalue weighted by molar-refractivity contribution is 0.467. The van der Waals surface area contributed by atoms with E-state index in [-0.39, 0.29) is 24.0 Å². The maximum Gasteiger partial charge on any atom is 0.191 e. The highest BCUT2D eigenvalue weighted by Gasteiger charge is 2.21. The summed E-state index contributed by atoms with van der Waals surface area (Å²) in [6.07, 6.45) is 8.98. The Hall–Kier alpha value is -1.85. The minimum Gasteiger partial charge on any atom is -0.367 e. The van der Waals surface area contributed by atoms with E-state index in [4.69, 9.17) is 4.99 Å². The minimum absolute atomic E-state index is 0. The summed E-state index contributed by atoms with van der Waals surface area (Å²) in [5.41, 5.74) is 1.19. The van der Waals surface area contributed by atoms with Crippen LogP contribution in [0, 0.1) is 0 Å². The van der Waals surface area contributed by atoms with Gasteiger partial charge in [-0.3, -0.25) is 9.67 Å². The average molecular weight is 501 g/mol. The van der Waals surface area contributed by atoms with Crippen LogP contribution >= 0.6 is 24.0 Å². The molecule has 1 aliphatic heterocycles. The van der Waals surface area contributed by atoms with Gasteiger partial charge in [-0.05, 0) is 19.8 Å². The SMILES string of the molecule is CCNC(=NCCn1cnnc1CC)NC1CCCN(c2cnn(C)c2)C1.I. The molecule has 1 unspecified atom stereocenters. The van der Waals surface area contributed by atoms with Gasteiger partial charge in [0.15, 0.2) is 5.96 Å². The zero-order chi connectivity index (χ0) is 19.1. The number of hydrogen-bond acceptors (Lipinski definition) is 5. The van der Waals surface area contributed by atoms with E-state index in [2.05, 4.69) is 55.4 Å². The van der Waals surface area contributed by atoms with Crippen molar-refractivity contribution in [2.24, 2.45) is 12.0 Å². The number of aryl methyl sites for hydroxylation is 2. The fraction of sp³-hybridized carbons (Fsp3) is 0.667. The molecule has 2 aromatic rings. The normalized spacial score (nSPS) is 17.3. The van der Waals surface area contributed by atoms with Crippen molar-refractivity contribution in [3.63, 3.8) is 0 Å². The molecule has 1 saturated heterocycles. The molecule has 1 atom stereocenters. The van der Waals surface area contributed by atoms with Crippen LogP contribution in [0.15, 0.2) is 23.7 Å². The molecule has 0 amide bonds. The van der Waals surface area contributed by atoms with Gasteiger partial charge in [0.05, 0.1) is 18.4 Å². The van der Waals surface area contributed by atoms with Gasteiger partial charge in [-0.15, -0.1) is 34.2 Å². The second kappa shape index (κ2) is 11.2. The third-order valence-corrected chi connectivity index (χ3v) is 4.79. The average Bonchev–Trinajstić information content (AvgIpc) is 3.31. The molecule has 2 aromatic heterocycles. The van der Waals surface area contributed by atoms with Crippen molar-refractivity contribution in [3.05, 3.63) is 24.5 Å². The van der Waals surface area contributed by atoms with Crippen LogP contribution in [0.2, 0.25) is 0 Å². The molecule has 1 fully saturated rings. The number of anilines is 1. The zero-order valence-electron chi connectivity index (χ0n) is 17.0. The molecule has 0 bridgehead atoms. The number of aliphatic imine (C=N–C) groups is 1. The Balaban J connectivity index is 0.00000280.